The van der Waals surface area contributed by atoms with Crippen molar-refractivity contribution in [2.45, 2.75) is 90.1 Å². The molecule has 0 radical (unpaired) electrons. The molecule has 3 aromatic heterocycles. The van der Waals surface area contributed by atoms with Gasteiger partial charge in [0.25, 0.3) is 0 Å². The summed E-state index contributed by atoms with van der Waals surface area (Å²) in [6.07, 6.45) is 16.1. The van der Waals surface area contributed by atoms with E-state index >= 15 is 0 Å². The first-order valence-electron chi connectivity index (χ1n) is 12.3. The van der Waals surface area contributed by atoms with Crippen LogP contribution in [0.2, 0.25) is 25.7 Å². The minimum atomic E-state index is -1.10. The Balaban J connectivity index is 1.46. The van der Waals surface area contributed by atoms with Gasteiger partial charge in [-0.3, -0.25) is 4.68 Å². The van der Waals surface area contributed by atoms with Gasteiger partial charge in [-0.25, -0.2) is 9.97 Å². The highest BCUT2D eigenvalue weighted by molar-refractivity contribution is 6.76. The maximum atomic E-state index is 4.89. The van der Waals surface area contributed by atoms with Gasteiger partial charge in [0.15, 0.2) is 0 Å². The van der Waals surface area contributed by atoms with Crippen molar-refractivity contribution in [2.24, 2.45) is 11.8 Å². The fourth-order valence-corrected chi connectivity index (χ4v) is 6.14. The average molecular weight is 436 g/mol. The van der Waals surface area contributed by atoms with Gasteiger partial charge < -0.3 is 4.57 Å². The summed E-state index contributed by atoms with van der Waals surface area (Å²) in [6.45, 7) is 10.3. The Kier molecular flexibility index (Phi) is 5.53. The molecular weight excluding hydrogens is 398 g/mol. The van der Waals surface area contributed by atoms with Crippen molar-refractivity contribution < 1.29 is 0 Å². The summed E-state index contributed by atoms with van der Waals surface area (Å²) < 4.78 is 4.61. The molecule has 2 aliphatic rings. The predicted octanol–water partition coefficient (Wildman–Crippen LogP) is 6.47. The molecular formula is C25H37N5Si. The quantitative estimate of drug-likeness (QED) is 0.381. The molecule has 3 aromatic rings. The molecule has 1 atom stereocenters. The van der Waals surface area contributed by atoms with Crippen molar-refractivity contribution in [3.63, 3.8) is 0 Å². The van der Waals surface area contributed by atoms with E-state index in [0.717, 1.165) is 46.5 Å². The minimum Gasteiger partial charge on any atom is -0.333 e. The first-order valence-corrected chi connectivity index (χ1v) is 16.0. The Morgan fingerprint density at radius 1 is 1.10 bits per heavy atom. The molecule has 166 valence electrons. The van der Waals surface area contributed by atoms with Crippen LogP contribution in [0.3, 0.4) is 0 Å². The third kappa shape index (κ3) is 4.64. The number of hydrogen-bond donors (Lipinski definition) is 0. The Morgan fingerprint density at radius 2 is 1.87 bits per heavy atom. The van der Waals surface area contributed by atoms with Crippen LogP contribution in [0.15, 0.2) is 24.7 Å². The lowest BCUT2D eigenvalue weighted by molar-refractivity contribution is 0.281. The smallest absolute Gasteiger partial charge is 0.144 e. The number of nitrogens with zero attached hydrogens (tertiary/aromatic N) is 5. The molecule has 0 saturated heterocycles. The van der Waals surface area contributed by atoms with Crippen molar-refractivity contribution in [1.29, 1.82) is 0 Å². The molecule has 5 rings (SSSR count). The molecule has 0 bridgehead atoms. The molecule has 1 unspecified atom stereocenters. The summed E-state index contributed by atoms with van der Waals surface area (Å²) in [7, 11) is -1.10. The van der Waals surface area contributed by atoms with Gasteiger partial charge in [-0.05, 0) is 50.1 Å². The summed E-state index contributed by atoms with van der Waals surface area (Å²) in [6, 6.07) is 4.02. The number of aryl methyl sites for hydroxylation is 2. The first-order chi connectivity index (χ1) is 14.9. The molecule has 0 aromatic carbocycles. The predicted molar refractivity (Wildman–Crippen MR) is 130 cm³/mol. The van der Waals surface area contributed by atoms with E-state index in [0.29, 0.717) is 6.04 Å². The van der Waals surface area contributed by atoms with E-state index in [1.54, 1.807) is 0 Å². The number of hydrogen-bond acceptors (Lipinski definition) is 3. The van der Waals surface area contributed by atoms with E-state index in [-0.39, 0.29) is 0 Å². The van der Waals surface area contributed by atoms with E-state index < -0.39 is 8.07 Å². The van der Waals surface area contributed by atoms with Crippen LogP contribution in [0.5, 0.6) is 0 Å². The summed E-state index contributed by atoms with van der Waals surface area (Å²) in [5.74, 6) is 2.56. The molecule has 0 N–H and O–H groups in total. The Bertz CT molecular complexity index is 1050. The highest BCUT2D eigenvalue weighted by Crippen LogP contribution is 2.44. The van der Waals surface area contributed by atoms with Gasteiger partial charge in [-0.2, -0.15) is 5.10 Å². The van der Waals surface area contributed by atoms with E-state index in [2.05, 4.69) is 47.3 Å². The van der Waals surface area contributed by atoms with Crippen molar-refractivity contribution >= 4 is 19.1 Å². The third-order valence-electron chi connectivity index (χ3n) is 7.26. The second-order valence-corrected chi connectivity index (χ2v) is 16.8. The number of aromatic nitrogens is 5. The molecule has 0 spiro atoms. The van der Waals surface area contributed by atoms with Crippen LogP contribution in [0.4, 0.5) is 0 Å². The van der Waals surface area contributed by atoms with Gasteiger partial charge in [0, 0.05) is 38.0 Å². The van der Waals surface area contributed by atoms with E-state index in [4.69, 9.17) is 15.1 Å². The van der Waals surface area contributed by atoms with Gasteiger partial charge >= 0.3 is 0 Å². The third-order valence-corrected chi connectivity index (χ3v) is 8.99. The zero-order chi connectivity index (χ0) is 21.6. The molecule has 2 fully saturated rings. The van der Waals surface area contributed by atoms with E-state index in [9.17, 15) is 0 Å². The van der Waals surface area contributed by atoms with Gasteiger partial charge in [0.2, 0.25) is 0 Å². The van der Waals surface area contributed by atoms with Crippen LogP contribution in [-0.4, -0.2) is 32.4 Å². The Morgan fingerprint density at radius 3 is 2.58 bits per heavy atom. The normalized spacial score (nSPS) is 18.8. The molecule has 5 nitrogen and oxygen atoms in total. The van der Waals surface area contributed by atoms with Crippen LogP contribution in [0.1, 0.15) is 56.8 Å². The molecule has 6 heteroatoms. The molecule has 31 heavy (non-hydrogen) atoms. The lowest BCUT2D eigenvalue weighted by Gasteiger charge is -2.24. The van der Waals surface area contributed by atoms with Crippen molar-refractivity contribution in [2.75, 3.05) is 0 Å². The lowest BCUT2D eigenvalue weighted by Crippen LogP contribution is -2.21. The molecule has 0 aliphatic heterocycles. The van der Waals surface area contributed by atoms with E-state index in [1.807, 2.05) is 13.1 Å². The zero-order valence-electron chi connectivity index (χ0n) is 19.6. The SMILES string of the molecule is Cc1nc(-c2cnn(C(CC3CC3)C3CCCC3)c2)c2ccn(CC[Si](C)(C)C)c2n1. The molecule has 2 saturated carbocycles. The second-order valence-electron chi connectivity index (χ2n) is 11.2. The molecule has 2 aliphatic carbocycles. The largest absolute Gasteiger partial charge is 0.333 e. The van der Waals surface area contributed by atoms with Crippen LogP contribution >= 0.6 is 0 Å². The maximum absolute atomic E-state index is 4.89. The van der Waals surface area contributed by atoms with Gasteiger partial charge in [-0.1, -0.05) is 45.3 Å². The Labute approximate surface area is 187 Å². The fourth-order valence-electron chi connectivity index (χ4n) is 5.23. The summed E-state index contributed by atoms with van der Waals surface area (Å²) in [4.78, 5) is 9.68. The highest BCUT2D eigenvalue weighted by Gasteiger charge is 2.33. The first kappa shape index (κ1) is 20.9. The maximum Gasteiger partial charge on any atom is 0.144 e. The molecule has 3 heterocycles. The van der Waals surface area contributed by atoms with Crippen molar-refractivity contribution in [3.8, 4) is 11.3 Å². The number of fused-ring (bicyclic) bond motifs is 1. The van der Waals surface area contributed by atoms with Crippen LogP contribution in [0.25, 0.3) is 22.3 Å². The summed E-state index contributed by atoms with van der Waals surface area (Å²) in [5.41, 5.74) is 3.24. The fraction of sp³-hybridized carbons (Fsp3) is 0.640. The van der Waals surface area contributed by atoms with Gasteiger partial charge in [-0.15, -0.1) is 0 Å². The standard InChI is InChI=1S/C25H37N5Si/c1-18-27-24(22-11-12-29(25(22)28-18)13-14-31(2,3)4)21-16-26-30(17-21)23(15-19-9-10-19)20-7-5-6-8-20/h11-12,16-17,19-20,23H,5-10,13-15H2,1-4H3. The van der Waals surface area contributed by atoms with Crippen LogP contribution < -0.4 is 0 Å². The van der Waals surface area contributed by atoms with Crippen LogP contribution in [0, 0.1) is 18.8 Å². The second kappa shape index (κ2) is 8.19. The van der Waals surface area contributed by atoms with Crippen LogP contribution in [-0.2, 0) is 6.54 Å². The lowest BCUT2D eigenvalue weighted by atomic mass is 9.93. The highest BCUT2D eigenvalue weighted by atomic mass is 28.3. The minimum absolute atomic E-state index is 0.559. The Hall–Kier alpha value is -1.95. The van der Waals surface area contributed by atoms with Gasteiger partial charge in [0.1, 0.15) is 11.5 Å². The summed E-state index contributed by atoms with van der Waals surface area (Å²) >= 11 is 0. The van der Waals surface area contributed by atoms with Crippen molar-refractivity contribution in [1.82, 2.24) is 24.3 Å². The monoisotopic (exact) mass is 435 g/mol. The van der Waals surface area contributed by atoms with Gasteiger partial charge in [0.05, 0.1) is 17.9 Å². The zero-order valence-corrected chi connectivity index (χ0v) is 20.6. The van der Waals surface area contributed by atoms with E-state index in [1.165, 1.54) is 51.0 Å². The molecule has 0 amide bonds. The topological polar surface area (TPSA) is 48.5 Å². The van der Waals surface area contributed by atoms with Crippen molar-refractivity contribution in [3.05, 3.63) is 30.5 Å². The summed E-state index contributed by atoms with van der Waals surface area (Å²) in [5, 5.41) is 6.04. The average Bonchev–Trinajstić information content (AvgIpc) is 3.15. The number of rotatable bonds is 8.